The summed E-state index contributed by atoms with van der Waals surface area (Å²) in [5.74, 6) is 0. The third-order valence-electron chi connectivity index (χ3n) is 3.57. The van der Waals surface area contributed by atoms with Crippen LogP contribution in [0.4, 0.5) is 16.2 Å². The zero-order chi connectivity index (χ0) is 15.5. The molecule has 0 aliphatic carbocycles. The van der Waals surface area contributed by atoms with Crippen molar-refractivity contribution in [2.45, 2.75) is 13.0 Å². The van der Waals surface area contributed by atoms with Crippen LogP contribution < -0.4 is 10.6 Å². The number of fused-ring (bicyclic) bond motifs is 1. The van der Waals surface area contributed by atoms with E-state index in [0.717, 1.165) is 35.4 Å². The third-order valence-corrected chi connectivity index (χ3v) is 4.06. The van der Waals surface area contributed by atoms with Gasteiger partial charge in [-0.2, -0.15) is 0 Å². The molecule has 6 heteroatoms. The number of pyridine rings is 1. The Balaban J connectivity index is 1.68. The van der Waals surface area contributed by atoms with Gasteiger partial charge < -0.3 is 15.5 Å². The first kappa shape index (κ1) is 15.0. The largest absolute Gasteiger partial charge is 0.323 e. The number of nitrogens with zero attached hydrogens (tertiary/aromatic N) is 2. The fourth-order valence-electron chi connectivity index (χ4n) is 2.50. The van der Waals surface area contributed by atoms with Crippen LogP contribution in [0.15, 0.2) is 41.0 Å². The van der Waals surface area contributed by atoms with E-state index in [0.29, 0.717) is 5.69 Å². The van der Waals surface area contributed by atoms with Crippen molar-refractivity contribution < 1.29 is 4.79 Å². The van der Waals surface area contributed by atoms with E-state index in [9.17, 15) is 4.79 Å². The molecule has 0 radical (unpaired) electrons. The molecule has 2 heterocycles. The van der Waals surface area contributed by atoms with Gasteiger partial charge >= 0.3 is 6.03 Å². The average molecular weight is 361 g/mol. The zero-order valence-corrected chi connectivity index (χ0v) is 13.9. The molecule has 1 aromatic heterocycles. The van der Waals surface area contributed by atoms with Gasteiger partial charge in [0.15, 0.2) is 0 Å². The van der Waals surface area contributed by atoms with Crippen molar-refractivity contribution in [1.82, 2.24) is 9.88 Å². The summed E-state index contributed by atoms with van der Waals surface area (Å²) in [4.78, 5) is 18.7. The number of urea groups is 1. The molecule has 114 valence electrons. The predicted molar refractivity (Wildman–Crippen MR) is 91.1 cm³/mol. The molecule has 0 unspecified atom stereocenters. The Morgan fingerprint density at radius 2 is 2.09 bits per heavy atom. The van der Waals surface area contributed by atoms with Crippen molar-refractivity contribution in [3.63, 3.8) is 0 Å². The van der Waals surface area contributed by atoms with Crippen LogP contribution in [0, 0.1) is 0 Å². The Bertz CT molecular complexity index is 704. The molecule has 1 aliphatic rings. The number of anilines is 2. The van der Waals surface area contributed by atoms with Gasteiger partial charge in [-0.05, 0) is 36.9 Å². The molecule has 0 saturated heterocycles. The molecule has 0 fully saturated rings. The van der Waals surface area contributed by atoms with Crippen molar-refractivity contribution in [3.8, 4) is 0 Å². The number of hydrogen-bond donors (Lipinski definition) is 2. The van der Waals surface area contributed by atoms with Gasteiger partial charge in [-0.3, -0.25) is 4.98 Å². The number of rotatable bonds is 2. The van der Waals surface area contributed by atoms with Crippen molar-refractivity contribution in [2.24, 2.45) is 0 Å². The lowest BCUT2D eigenvalue weighted by molar-refractivity contribution is 0.262. The summed E-state index contributed by atoms with van der Waals surface area (Å²) < 4.78 is 0.920. The van der Waals surface area contributed by atoms with Crippen LogP contribution in [-0.2, 0) is 13.0 Å². The molecule has 2 aromatic rings. The summed E-state index contributed by atoms with van der Waals surface area (Å²) in [5.41, 5.74) is 3.74. The van der Waals surface area contributed by atoms with E-state index in [1.165, 1.54) is 5.56 Å². The number of halogens is 1. The van der Waals surface area contributed by atoms with E-state index in [1.807, 2.05) is 30.3 Å². The maximum absolute atomic E-state index is 12.0. The second-order valence-corrected chi connectivity index (χ2v) is 6.32. The molecule has 2 amide bonds. The lowest BCUT2D eigenvalue weighted by Gasteiger charge is -2.24. The Morgan fingerprint density at radius 1 is 1.27 bits per heavy atom. The molecule has 0 spiro atoms. The van der Waals surface area contributed by atoms with Gasteiger partial charge in [-0.25, -0.2) is 4.79 Å². The Hall–Kier alpha value is -1.92. The number of carbonyl (C=O) groups excluding carboxylic acids is 1. The molecule has 1 aliphatic heterocycles. The van der Waals surface area contributed by atoms with Gasteiger partial charge in [-0.15, -0.1) is 0 Å². The predicted octanol–water partition coefficient (Wildman–Crippen LogP) is 3.48. The van der Waals surface area contributed by atoms with E-state index < -0.39 is 0 Å². The molecule has 22 heavy (non-hydrogen) atoms. The first-order valence-corrected chi connectivity index (χ1v) is 7.89. The smallest absolute Gasteiger partial charge is 0.308 e. The Kier molecular flexibility index (Phi) is 4.40. The molecular weight excluding hydrogens is 344 g/mol. The number of hydrogen-bond acceptors (Lipinski definition) is 3. The van der Waals surface area contributed by atoms with Crippen LogP contribution >= 0.6 is 15.9 Å². The highest BCUT2D eigenvalue weighted by Gasteiger charge is 2.15. The van der Waals surface area contributed by atoms with Crippen molar-refractivity contribution in [1.29, 1.82) is 0 Å². The van der Waals surface area contributed by atoms with Crippen LogP contribution in [-0.4, -0.2) is 29.5 Å². The van der Waals surface area contributed by atoms with Gasteiger partial charge in [-0.1, -0.05) is 22.0 Å². The third kappa shape index (κ3) is 3.64. The monoisotopic (exact) mass is 360 g/mol. The minimum Gasteiger partial charge on any atom is -0.308 e. The maximum Gasteiger partial charge on any atom is 0.323 e. The highest BCUT2D eigenvalue weighted by Crippen LogP contribution is 2.20. The highest BCUT2D eigenvalue weighted by molar-refractivity contribution is 9.10. The highest BCUT2D eigenvalue weighted by atomic mass is 79.9. The molecule has 3 rings (SSSR count). The SMILES string of the molecule is CN1CCc2ncc(NC(=O)Nc3cccc(Br)c3)cc2C1. The zero-order valence-electron chi connectivity index (χ0n) is 12.3. The number of aromatic nitrogens is 1. The normalized spacial score (nSPS) is 14.3. The summed E-state index contributed by atoms with van der Waals surface area (Å²) in [6, 6.07) is 9.19. The fourth-order valence-corrected chi connectivity index (χ4v) is 2.89. The van der Waals surface area contributed by atoms with Gasteiger partial charge in [0.2, 0.25) is 0 Å². The van der Waals surface area contributed by atoms with Crippen LogP contribution in [0.1, 0.15) is 11.3 Å². The van der Waals surface area contributed by atoms with Crippen molar-refractivity contribution in [3.05, 3.63) is 52.3 Å². The second-order valence-electron chi connectivity index (χ2n) is 5.41. The van der Waals surface area contributed by atoms with E-state index in [2.05, 4.69) is 43.5 Å². The van der Waals surface area contributed by atoms with Crippen molar-refractivity contribution >= 4 is 33.3 Å². The van der Waals surface area contributed by atoms with Crippen molar-refractivity contribution in [2.75, 3.05) is 24.2 Å². The topological polar surface area (TPSA) is 57.3 Å². The molecule has 0 atom stereocenters. The number of amides is 2. The Labute approximate surface area is 137 Å². The first-order valence-electron chi connectivity index (χ1n) is 7.10. The van der Waals surface area contributed by atoms with Gasteiger partial charge in [0.25, 0.3) is 0 Å². The van der Waals surface area contributed by atoms with E-state index in [4.69, 9.17) is 0 Å². The standard InChI is InChI=1S/C16H17BrN4O/c1-21-6-5-15-11(10-21)7-14(9-18-15)20-16(22)19-13-4-2-3-12(17)8-13/h2-4,7-9H,5-6,10H2,1H3,(H2,19,20,22). The van der Waals surface area contributed by atoms with Crippen LogP contribution in [0.5, 0.6) is 0 Å². The maximum atomic E-state index is 12.0. The second kappa shape index (κ2) is 6.46. The summed E-state index contributed by atoms with van der Waals surface area (Å²) in [6.07, 6.45) is 2.67. The minimum atomic E-state index is -0.274. The fraction of sp³-hybridized carbons (Fsp3) is 0.250. The quantitative estimate of drug-likeness (QED) is 0.861. The Morgan fingerprint density at radius 3 is 2.91 bits per heavy atom. The van der Waals surface area contributed by atoms with Crippen LogP contribution in [0.2, 0.25) is 0 Å². The summed E-state index contributed by atoms with van der Waals surface area (Å²) in [5, 5.41) is 5.63. The number of benzene rings is 1. The molecule has 0 bridgehead atoms. The van der Waals surface area contributed by atoms with E-state index in [-0.39, 0.29) is 6.03 Å². The van der Waals surface area contributed by atoms with Crippen LogP contribution in [0.3, 0.4) is 0 Å². The summed E-state index contributed by atoms with van der Waals surface area (Å²) >= 11 is 3.38. The summed E-state index contributed by atoms with van der Waals surface area (Å²) in [6.45, 7) is 1.89. The van der Waals surface area contributed by atoms with E-state index >= 15 is 0 Å². The number of carbonyl (C=O) groups is 1. The first-order chi connectivity index (χ1) is 10.6. The van der Waals surface area contributed by atoms with Gasteiger partial charge in [0, 0.05) is 35.4 Å². The molecular formula is C16H17BrN4O. The molecule has 2 N–H and O–H groups in total. The molecule has 5 nitrogen and oxygen atoms in total. The van der Waals surface area contributed by atoms with E-state index in [1.54, 1.807) is 6.20 Å². The lowest BCUT2D eigenvalue weighted by atomic mass is 10.1. The average Bonchev–Trinajstić information content (AvgIpc) is 2.46. The summed E-state index contributed by atoms with van der Waals surface area (Å²) in [7, 11) is 2.09. The number of likely N-dealkylation sites (N-methyl/N-ethyl adjacent to an activating group) is 1. The van der Waals surface area contributed by atoms with Crippen LogP contribution in [0.25, 0.3) is 0 Å². The lowest BCUT2D eigenvalue weighted by Crippen LogP contribution is -2.27. The number of nitrogens with one attached hydrogen (secondary N) is 2. The molecule has 0 saturated carbocycles. The molecule has 1 aromatic carbocycles. The van der Waals surface area contributed by atoms with Gasteiger partial charge in [0.05, 0.1) is 11.9 Å². The minimum absolute atomic E-state index is 0.274. The van der Waals surface area contributed by atoms with Gasteiger partial charge in [0.1, 0.15) is 0 Å².